The monoisotopic (exact) mass is 348 g/mol. The molecule has 0 spiro atoms. The molecule has 0 bridgehead atoms. The summed E-state index contributed by atoms with van der Waals surface area (Å²) in [5.41, 5.74) is 7.17. The Balaban J connectivity index is 1.85. The molecule has 26 heavy (non-hydrogen) atoms. The van der Waals surface area contributed by atoms with Crippen molar-refractivity contribution in [1.29, 1.82) is 0 Å². The zero-order valence-electron chi connectivity index (χ0n) is 16.4. The first-order valence-corrected chi connectivity index (χ1v) is 9.66. The molecule has 2 heterocycles. The van der Waals surface area contributed by atoms with E-state index in [9.17, 15) is 0 Å². The van der Waals surface area contributed by atoms with Crippen LogP contribution in [-0.4, -0.2) is 19.6 Å². The molecular weight excluding hydrogens is 320 g/mol. The molecule has 1 aliphatic carbocycles. The van der Waals surface area contributed by atoms with Gasteiger partial charge in [-0.2, -0.15) is 10.2 Å². The second kappa shape index (κ2) is 6.42. The summed E-state index contributed by atoms with van der Waals surface area (Å²) in [4.78, 5) is 0. The van der Waals surface area contributed by atoms with Crippen molar-refractivity contribution in [2.45, 2.75) is 52.4 Å². The molecule has 1 aromatic carbocycles. The maximum atomic E-state index is 4.96. The first-order chi connectivity index (χ1) is 12.5. The van der Waals surface area contributed by atoms with Crippen molar-refractivity contribution >= 4 is 0 Å². The average Bonchev–Trinajstić information content (AvgIpc) is 3.15. The van der Waals surface area contributed by atoms with Crippen molar-refractivity contribution in [3.8, 4) is 17.1 Å². The van der Waals surface area contributed by atoms with Crippen molar-refractivity contribution in [2.24, 2.45) is 13.0 Å². The van der Waals surface area contributed by atoms with Gasteiger partial charge in [-0.3, -0.25) is 4.68 Å². The lowest BCUT2D eigenvalue weighted by Crippen LogP contribution is -2.16. The van der Waals surface area contributed by atoms with Gasteiger partial charge in [0.2, 0.25) is 0 Å². The van der Waals surface area contributed by atoms with Crippen LogP contribution in [0.15, 0.2) is 36.4 Å². The highest BCUT2D eigenvalue weighted by atomic mass is 15.3. The van der Waals surface area contributed by atoms with Crippen LogP contribution in [0.1, 0.15) is 62.4 Å². The first kappa shape index (κ1) is 17.1. The van der Waals surface area contributed by atoms with Gasteiger partial charge >= 0.3 is 0 Å². The van der Waals surface area contributed by atoms with Crippen LogP contribution in [0.5, 0.6) is 0 Å². The quantitative estimate of drug-likeness (QED) is 0.650. The predicted octanol–water partition coefficient (Wildman–Crippen LogP) is 5.22. The second-order valence-electron chi connectivity index (χ2n) is 8.02. The third-order valence-electron chi connectivity index (χ3n) is 5.80. The number of aromatic nitrogens is 4. The number of rotatable bonds is 3. The molecule has 2 aromatic heterocycles. The maximum absolute atomic E-state index is 4.96. The predicted molar refractivity (Wildman–Crippen MR) is 106 cm³/mol. The van der Waals surface area contributed by atoms with Crippen molar-refractivity contribution in [1.82, 2.24) is 19.6 Å². The van der Waals surface area contributed by atoms with Gasteiger partial charge < -0.3 is 0 Å². The Morgan fingerprint density at radius 1 is 1.08 bits per heavy atom. The topological polar surface area (TPSA) is 35.6 Å². The van der Waals surface area contributed by atoms with E-state index in [4.69, 9.17) is 10.2 Å². The minimum Gasteiger partial charge on any atom is -0.266 e. The van der Waals surface area contributed by atoms with Crippen LogP contribution in [-0.2, 0) is 7.05 Å². The smallest absolute Gasteiger partial charge is 0.111 e. The largest absolute Gasteiger partial charge is 0.266 e. The summed E-state index contributed by atoms with van der Waals surface area (Å²) < 4.78 is 4.08. The molecule has 0 amide bonds. The van der Waals surface area contributed by atoms with E-state index in [2.05, 4.69) is 69.8 Å². The normalized spacial score (nSPS) is 19.8. The van der Waals surface area contributed by atoms with Gasteiger partial charge in [-0.1, -0.05) is 39.0 Å². The van der Waals surface area contributed by atoms with E-state index in [0.717, 1.165) is 17.1 Å². The second-order valence-corrected chi connectivity index (χ2v) is 8.02. The highest BCUT2D eigenvalue weighted by molar-refractivity contribution is 5.64. The van der Waals surface area contributed by atoms with Crippen LogP contribution in [0.4, 0.5) is 0 Å². The van der Waals surface area contributed by atoms with Crippen LogP contribution >= 0.6 is 0 Å². The van der Waals surface area contributed by atoms with E-state index in [1.165, 1.54) is 29.8 Å². The van der Waals surface area contributed by atoms with E-state index < -0.39 is 0 Å². The molecule has 4 nitrogen and oxygen atoms in total. The van der Waals surface area contributed by atoms with Gasteiger partial charge in [0.1, 0.15) is 5.69 Å². The van der Waals surface area contributed by atoms with E-state index in [1.807, 2.05) is 10.7 Å². The lowest BCUT2D eigenvalue weighted by atomic mass is 9.75. The zero-order chi connectivity index (χ0) is 18.4. The molecule has 0 saturated carbocycles. The number of hydrogen-bond acceptors (Lipinski definition) is 2. The third-order valence-corrected chi connectivity index (χ3v) is 5.80. The number of para-hydroxylation sites is 1. The molecule has 1 aliphatic rings. The molecule has 136 valence electrons. The number of fused-ring (bicyclic) bond motifs is 1. The van der Waals surface area contributed by atoms with Gasteiger partial charge in [0, 0.05) is 24.2 Å². The number of hydrogen-bond donors (Lipinski definition) is 0. The molecule has 0 saturated heterocycles. The summed E-state index contributed by atoms with van der Waals surface area (Å²) in [6, 6.07) is 12.5. The van der Waals surface area contributed by atoms with Crippen LogP contribution in [0, 0.1) is 12.8 Å². The summed E-state index contributed by atoms with van der Waals surface area (Å²) in [7, 11) is 2.06. The molecule has 0 aliphatic heterocycles. The minimum absolute atomic E-state index is 0.533. The van der Waals surface area contributed by atoms with Crippen LogP contribution in [0.3, 0.4) is 0 Å². The SMILES string of the molecule is Cc1cc(-c2c3c(nn2C)[C@H](C(C)C)CC[C@H]3C)nn1-c1ccccc1. The lowest BCUT2D eigenvalue weighted by Gasteiger charge is -2.28. The molecule has 0 N–H and O–H groups in total. The van der Waals surface area contributed by atoms with Crippen LogP contribution < -0.4 is 0 Å². The maximum Gasteiger partial charge on any atom is 0.111 e. The fourth-order valence-electron chi connectivity index (χ4n) is 4.41. The Hall–Kier alpha value is -2.36. The van der Waals surface area contributed by atoms with Gasteiger partial charge in [0.15, 0.2) is 0 Å². The van der Waals surface area contributed by atoms with Crippen molar-refractivity contribution in [3.63, 3.8) is 0 Å². The van der Waals surface area contributed by atoms with Crippen molar-refractivity contribution in [3.05, 3.63) is 53.3 Å². The fourth-order valence-corrected chi connectivity index (χ4v) is 4.41. The standard InChI is InChI=1S/C22H28N4/c1-14(2)18-12-11-15(3)20-21(18)24-25(5)22(20)19-13-16(4)26(23-19)17-9-7-6-8-10-17/h6-10,13-15,18H,11-12H2,1-5H3/t15-,18+/m1/s1. The summed E-state index contributed by atoms with van der Waals surface area (Å²) in [6.07, 6.45) is 2.46. The molecule has 4 heteroatoms. The van der Waals surface area contributed by atoms with Gasteiger partial charge in [-0.25, -0.2) is 4.68 Å². The lowest BCUT2D eigenvalue weighted by molar-refractivity contribution is 0.401. The number of aryl methyl sites for hydroxylation is 2. The molecule has 3 aromatic rings. The van der Waals surface area contributed by atoms with Crippen molar-refractivity contribution < 1.29 is 0 Å². The Labute approximate surface area is 155 Å². The average molecular weight is 348 g/mol. The number of nitrogens with zero attached hydrogens (tertiary/aromatic N) is 4. The highest BCUT2D eigenvalue weighted by Crippen LogP contribution is 2.45. The third kappa shape index (κ3) is 2.68. The van der Waals surface area contributed by atoms with Crippen LogP contribution in [0.2, 0.25) is 0 Å². The molecular formula is C22H28N4. The molecule has 2 atom stereocenters. The Kier molecular flexibility index (Phi) is 4.22. The van der Waals surface area contributed by atoms with Gasteiger partial charge in [0.25, 0.3) is 0 Å². The van der Waals surface area contributed by atoms with E-state index in [0.29, 0.717) is 17.8 Å². The Morgan fingerprint density at radius 2 is 1.81 bits per heavy atom. The Bertz CT molecular complexity index is 917. The molecule has 0 radical (unpaired) electrons. The summed E-state index contributed by atoms with van der Waals surface area (Å²) in [6.45, 7) is 9.08. The summed E-state index contributed by atoms with van der Waals surface area (Å²) in [5, 5.41) is 9.91. The van der Waals surface area contributed by atoms with Crippen LogP contribution in [0.25, 0.3) is 17.1 Å². The fraction of sp³-hybridized carbons (Fsp3) is 0.455. The molecule has 0 fully saturated rings. The molecule has 0 unspecified atom stereocenters. The Morgan fingerprint density at radius 3 is 2.50 bits per heavy atom. The summed E-state index contributed by atoms with van der Waals surface area (Å²) in [5.74, 6) is 1.71. The molecule has 4 rings (SSSR count). The van der Waals surface area contributed by atoms with Gasteiger partial charge in [-0.15, -0.1) is 0 Å². The van der Waals surface area contributed by atoms with E-state index in [-0.39, 0.29) is 0 Å². The first-order valence-electron chi connectivity index (χ1n) is 9.66. The summed E-state index contributed by atoms with van der Waals surface area (Å²) >= 11 is 0. The van der Waals surface area contributed by atoms with Crippen molar-refractivity contribution in [2.75, 3.05) is 0 Å². The number of benzene rings is 1. The van der Waals surface area contributed by atoms with E-state index >= 15 is 0 Å². The highest BCUT2D eigenvalue weighted by Gasteiger charge is 2.34. The van der Waals surface area contributed by atoms with Gasteiger partial charge in [-0.05, 0) is 49.8 Å². The van der Waals surface area contributed by atoms with E-state index in [1.54, 1.807) is 0 Å². The van der Waals surface area contributed by atoms with Gasteiger partial charge in [0.05, 0.1) is 17.1 Å². The minimum atomic E-state index is 0.533. The zero-order valence-corrected chi connectivity index (χ0v) is 16.4.